The molecule has 10 heteroatoms. The lowest BCUT2D eigenvalue weighted by atomic mass is 9.96. The van der Waals surface area contributed by atoms with Crippen LogP contribution in [0.25, 0.3) is 32.9 Å². The molecule has 2 aromatic carbocycles. The van der Waals surface area contributed by atoms with Gasteiger partial charge in [-0.1, -0.05) is 30.2 Å². The maximum absolute atomic E-state index is 16.4. The Morgan fingerprint density at radius 1 is 1.14 bits per heavy atom. The standard InChI is InChI=1S/C32H31F2N5O3/c1-6-21-24(33)11-10-19-8-7-9-22(25(19)21)27-26(34)28-23(15-35-27)29(37-30(36-28)41-5)38-13-12-18-14-20(17-38)39(16-18)31(40)42-32(2,3)4/h1,7-11,15,18,20H,12-14,16-17H2,2-5H3. The van der Waals surface area contributed by atoms with Crippen LogP contribution in [0.4, 0.5) is 19.4 Å². The lowest BCUT2D eigenvalue weighted by molar-refractivity contribution is 0.0221. The Balaban J connectivity index is 1.44. The second kappa shape index (κ2) is 10.4. The van der Waals surface area contributed by atoms with Gasteiger partial charge in [-0.2, -0.15) is 9.97 Å². The molecule has 2 bridgehead atoms. The van der Waals surface area contributed by atoms with Gasteiger partial charge in [0.15, 0.2) is 5.82 Å². The van der Waals surface area contributed by atoms with Crippen LogP contribution in [-0.2, 0) is 4.74 Å². The van der Waals surface area contributed by atoms with Crippen molar-refractivity contribution in [2.24, 2.45) is 5.92 Å². The number of rotatable bonds is 3. The van der Waals surface area contributed by atoms with Crippen molar-refractivity contribution in [1.29, 1.82) is 0 Å². The summed E-state index contributed by atoms with van der Waals surface area (Å²) in [5.74, 6) is 1.93. The Labute approximate surface area is 242 Å². The van der Waals surface area contributed by atoms with Gasteiger partial charge in [-0.15, -0.1) is 6.42 Å². The van der Waals surface area contributed by atoms with Crippen molar-refractivity contribution in [1.82, 2.24) is 19.9 Å². The van der Waals surface area contributed by atoms with E-state index in [9.17, 15) is 9.18 Å². The zero-order valence-corrected chi connectivity index (χ0v) is 23.9. The molecule has 0 radical (unpaired) electrons. The number of terminal acetylenes is 1. The predicted octanol–water partition coefficient (Wildman–Crippen LogP) is 5.95. The summed E-state index contributed by atoms with van der Waals surface area (Å²) in [5, 5.41) is 1.47. The zero-order chi connectivity index (χ0) is 29.8. The number of fused-ring (bicyclic) bond motifs is 4. The fraction of sp³-hybridized carbons (Fsp3) is 0.375. The second-order valence-electron chi connectivity index (χ2n) is 11.8. The number of aromatic nitrogens is 3. The smallest absolute Gasteiger partial charge is 0.410 e. The summed E-state index contributed by atoms with van der Waals surface area (Å²) in [6, 6.07) is 8.01. The molecule has 1 amide bonds. The number of halogens is 2. The quantitative estimate of drug-likeness (QED) is 0.281. The van der Waals surface area contributed by atoms with E-state index in [4.69, 9.17) is 15.9 Å². The predicted molar refractivity (Wildman–Crippen MR) is 156 cm³/mol. The average Bonchev–Trinajstić information content (AvgIpc) is 3.24. The number of ether oxygens (including phenoxy) is 2. The number of carbonyl (C=O) groups excluding carboxylic acids is 1. The van der Waals surface area contributed by atoms with Crippen LogP contribution in [-0.4, -0.2) is 64.3 Å². The molecule has 2 saturated heterocycles. The van der Waals surface area contributed by atoms with Crippen LogP contribution in [0.1, 0.15) is 39.2 Å². The minimum Gasteiger partial charge on any atom is -0.467 e. The fourth-order valence-electron chi connectivity index (χ4n) is 6.05. The van der Waals surface area contributed by atoms with Crippen LogP contribution in [0.3, 0.4) is 0 Å². The monoisotopic (exact) mass is 571 g/mol. The Bertz CT molecular complexity index is 1760. The highest BCUT2D eigenvalue weighted by Gasteiger charge is 2.41. The Morgan fingerprint density at radius 3 is 2.69 bits per heavy atom. The van der Waals surface area contributed by atoms with Gasteiger partial charge in [0.2, 0.25) is 0 Å². The molecule has 0 saturated carbocycles. The van der Waals surface area contributed by atoms with E-state index in [1.807, 2.05) is 25.7 Å². The molecule has 42 heavy (non-hydrogen) atoms. The number of carbonyl (C=O) groups is 1. The van der Waals surface area contributed by atoms with Crippen LogP contribution in [0, 0.1) is 29.9 Å². The molecule has 216 valence electrons. The van der Waals surface area contributed by atoms with Gasteiger partial charge in [0, 0.05) is 36.8 Å². The maximum Gasteiger partial charge on any atom is 0.410 e. The lowest BCUT2D eigenvalue weighted by Crippen LogP contribution is -2.46. The van der Waals surface area contributed by atoms with Gasteiger partial charge < -0.3 is 19.3 Å². The summed E-state index contributed by atoms with van der Waals surface area (Å²) in [5.41, 5.74) is -0.181. The van der Waals surface area contributed by atoms with Crippen LogP contribution < -0.4 is 9.64 Å². The van der Waals surface area contributed by atoms with E-state index in [0.29, 0.717) is 53.1 Å². The molecule has 0 aliphatic carbocycles. The number of hydrogen-bond donors (Lipinski definition) is 0. The molecule has 2 fully saturated rings. The van der Waals surface area contributed by atoms with E-state index in [1.54, 1.807) is 29.2 Å². The Kier molecular flexibility index (Phi) is 6.84. The third-order valence-electron chi connectivity index (χ3n) is 7.89. The first-order valence-electron chi connectivity index (χ1n) is 13.9. The summed E-state index contributed by atoms with van der Waals surface area (Å²) < 4.78 is 42.1. The second-order valence-corrected chi connectivity index (χ2v) is 11.8. The molecule has 6 rings (SSSR count). The van der Waals surface area contributed by atoms with Crippen LogP contribution >= 0.6 is 0 Å². The molecule has 2 aromatic heterocycles. The van der Waals surface area contributed by atoms with Gasteiger partial charge in [-0.3, -0.25) is 4.98 Å². The van der Waals surface area contributed by atoms with Gasteiger partial charge in [0.25, 0.3) is 0 Å². The molecular weight excluding hydrogens is 540 g/mol. The number of hydrogen-bond acceptors (Lipinski definition) is 7. The largest absolute Gasteiger partial charge is 0.467 e. The van der Waals surface area contributed by atoms with Gasteiger partial charge >= 0.3 is 12.1 Å². The highest BCUT2D eigenvalue weighted by atomic mass is 19.1. The minimum atomic E-state index is -0.694. The first-order valence-corrected chi connectivity index (χ1v) is 13.9. The number of amides is 1. The number of pyridine rings is 1. The third kappa shape index (κ3) is 4.83. The SMILES string of the molecule is C#Cc1c(F)ccc2cccc(-c3ncc4c(N5CCC6CC(C5)N(C(=O)OC(C)(C)C)C6)nc(OC)nc4c3F)c12. The van der Waals surface area contributed by atoms with Gasteiger partial charge in [0.05, 0.1) is 24.1 Å². The van der Waals surface area contributed by atoms with Crippen molar-refractivity contribution in [3.63, 3.8) is 0 Å². The third-order valence-corrected chi connectivity index (χ3v) is 7.89. The highest BCUT2D eigenvalue weighted by Crippen LogP contribution is 2.38. The Morgan fingerprint density at radius 2 is 1.95 bits per heavy atom. The van der Waals surface area contributed by atoms with Crippen molar-refractivity contribution in [3.05, 3.63) is 53.7 Å². The topological polar surface area (TPSA) is 80.7 Å². The summed E-state index contributed by atoms with van der Waals surface area (Å²) in [6.07, 6.45) is 8.52. The molecule has 2 atom stereocenters. The van der Waals surface area contributed by atoms with Crippen LogP contribution in [0.2, 0.25) is 0 Å². The van der Waals surface area contributed by atoms with E-state index in [2.05, 4.69) is 20.9 Å². The van der Waals surface area contributed by atoms with Crippen LogP contribution in [0.15, 0.2) is 36.5 Å². The summed E-state index contributed by atoms with van der Waals surface area (Å²) in [6.45, 7) is 7.35. The Hall–Kier alpha value is -4.52. The van der Waals surface area contributed by atoms with Crippen molar-refractivity contribution in [3.8, 4) is 29.6 Å². The lowest BCUT2D eigenvalue weighted by Gasteiger charge is -2.34. The molecule has 8 nitrogen and oxygen atoms in total. The van der Waals surface area contributed by atoms with Crippen molar-refractivity contribution in [2.75, 3.05) is 31.6 Å². The normalized spacial score (nSPS) is 18.7. The summed E-state index contributed by atoms with van der Waals surface area (Å²) in [4.78, 5) is 30.3. The molecule has 0 N–H and O–H groups in total. The molecule has 2 aliphatic heterocycles. The minimum absolute atomic E-state index is 0.000216. The van der Waals surface area contributed by atoms with E-state index in [0.717, 1.165) is 12.8 Å². The number of benzene rings is 2. The van der Waals surface area contributed by atoms with Crippen molar-refractivity contribution >= 4 is 33.6 Å². The van der Waals surface area contributed by atoms with Crippen LogP contribution in [0.5, 0.6) is 6.01 Å². The van der Waals surface area contributed by atoms with Gasteiger partial charge in [-0.05, 0) is 51.0 Å². The number of likely N-dealkylation sites (tertiary alicyclic amines) is 1. The highest BCUT2D eigenvalue weighted by molar-refractivity contribution is 6.02. The first kappa shape index (κ1) is 27.6. The molecule has 2 unspecified atom stereocenters. The molecule has 4 aromatic rings. The maximum atomic E-state index is 16.4. The summed E-state index contributed by atoms with van der Waals surface area (Å²) >= 11 is 0. The van der Waals surface area contributed by atoms with E-state index >= 15 is 4.39 Å². The van der Waals surface area contributed by atoms with Crippen molar-refractivity contribution < 1.29 is 23.0 Å². The summed E-state index contributed by atoms with van der Waals surface area (Å²) in [7, 11) is 1.42. The van der Waals surface area contributed by atoms with Gasteiger partial charge in [0.1, 0.15) is 28.4 Å². The number of methoxy groups -OCH3 is 1. The molecule has 2 aliphatic rings. The fourth-order valence-corrected chi connectivity index (χ4v) is 6.05. The zero-order valence-electron chi connectivity index (χ0n) is 23.9. The number of nitrogens with zero attached hydrogens (tertiary/aromatic N) is 5. The molecular formula is C32H31F2N5O3. The molecule has 4 heterocycles. The van der Waals surface area contributed by atoms with E-state index in [-0.39, 0.29) is 34.9 Å². The molecule has 0 spiro atoms. The average molecular weight is 572 g/mol. The van der Waals surface area contributed by atoms with E-state index in [1.165, 1.54) is 19.4 Å². The van der Waals surface area contributed by atoms with E-state index < -0.39 is 17.2 Å². The first-order chi connectivity index (χ1) is 20.1. The number of anilines is 1. The van der Waals surface area contributed by atoms with Crippen molar-refractivity contribution in [2.45, 2.75) is 45.3 Å². The van der Waals surface area contributed by atoms with Gasteiger partial charge in [-0.25, -0.2) is 13.6 Å².